The van der Waals surface area contributed by atoms with Gasteiger partial charge in [-0.3, -0.25) is 19.6 Å². The van der Waals surface area contributed by atoms with E-state index in [-0.39, 0.29) is 17.4 Å². The molecule has 0 spiro atoms. The summed E-state index contributed by atoms with van der Waals surface area (Å²) in [6, 6.07) is 2.51. The minimum Gasteiger partial charge on any atom is -0.381 e. The van der Waals surface area contributed by atoms with Crippen molar-refractivity contribution < 1.29 is 9.53 Å². The molecule has 5 rings (SSSR count). The lowest BCUT2D eigenvalue weighted by Crippen LogP contribution is -2.44. The topological polar surface area (TPSA) is 82.9 Å². The van der Waals surface area contributed by atoms with Gasteiger partial charge in [0.15, 0.2) is 5.65 Å². The number of H-pyrrole nitrogens is 1. The summed E-state index contributed by atoms with van der Waals surface area (Å²) in [4.78, 5) is 34.7. The molecular formula is C22H31N5O3. The van der Waals surface area contributed by atoms with Crippen LogP contribution in [0.1, 0.15) is 61.9 Å². The zero-order valence-corrected chi connectivity index (χ0v) is 17.7. The third kappa shape index (κ3) is 3.56. The van der Waals surface area contributed by atoms with Gasteiger partial charge in [0, 0.05) is 76.0 Å². The predicted octanol–water partition coefficient (Wildman–Crippen LogP) is 1.68. The molecule has 8 heteroatoms. The molecule has 0 aromatic carbocycles. The second-order valence-electron chi connectivity index (χ2n) is 8.84. The largest absolute Gasteiger partial charge is 0.381 e. The Morgan fingerprint density at radius 3 is 2.90 bits per heavy atom. The van der Waals surface area contributed by atoms with E-state index in [1.54, 1.807) is 4.52 Å². The van der Waals surface area contributed by atoms with Crippen molar-refractivity contribution in [2.45, 2.75) is 64.0 Å². The average Bonchev–Trinajstić information content (AvgIpc) is 3.24. The summed E-state index contributed by atoms with van der Waals surface area (Å²) in [5.41, 5.74) is 3.50. The Morgan fingerprint density at radius 1 is 1.27 bits per heavy atom. The Hall–Kier alpha value is -2.19. The minimum absolute atomic E-state index is 0.0234. The van der Waals surface area contributed by atoms with Gasteiger partial charge in [0.25, 0.3) is 5.56 Å². The number of hydrogen-bond acceptors (Lipinski definition) is 5. The number of rotatable bonds is 3. The van der Waals surface area contributed by atoms with Crippen LogP contribution in [0, 0.1) is 0 Å². The molecule has 2 saturated heterocycles. The van der Waals surface area contributed by atoms with Crippen LogP contribution in [0.3, 0.4) is 0 Å². The van der Waals surface area contributed by atoms with Crippen LogP contribution in [0.4, 0.5) is 0 Å². The molecule has 3 aliphatic heterocycles. The van der Waals surface area contributed by atoms with E-state index in [0.717, 1.165) is 75.4 Å². The van der Waals surface area contributed by atoms with E-state index >= 15 is 0 Å². The molecule has 30 heavy (non-hydrogen) atoms. The number of fused-ring (bicyclic) bond motifs is 2. The van der Waals surface area contributed by atoms with Crippen molar-refractivity contribution in [1.29, 1.82) is 0 Å². The fourth-order valence-electron chi connectivity index (χ4n) is 5.27. The lowest BCUT2D eigenvalue weighted by Gasteiger charge is -2.36. The summed E-state index contributed by atoms with van der Waals surface area (Å²) in [6.45, 7) is 6.70. The molecule has 1 atom stereocenters. The van der Waals surface area contributed by atoms with Crippen LogP contribution in [-0.2, 0) is 22.5 Å². The van der Waals surface area contributed by atoms with Gasteiger partial charge in [-0.1, -0.05) is 6.92 Å². The molecule has 0 aliphatic carbocycles. The maximum atomic E-state index is 13.3. The highest BCUT2D eigenvalue weighted by molar-refractivity contribution is 5.76. The Labute approximate surface area is 176 Å². The van der Waals surface area contributed by atoms with E-state index < -0.39 is 0 Å². The molecule has 0 saturated carbocycles. The number of piperidine rings is 1. The number of ether oxygens (including phenoxy) is 1. The molecule has 0 radical (unpaired) electrons. The predicted molar refractivity (Wildman–Crippen MR) is 113 cm³/mol. The lowest BCUT2D eigenvalue weighted by molar-refractivity contribution is -0.132. The van der Waals surface area contributed by atoms with Gasteiger partial charge in [0.2, 0.25) is 5.91 Å². The monoisotopic (exact) mass is 413 g/mol. The fraction of sp³-hybridized carbons (Fsp3) is 0.682. The van der Waals surface area contributed by atoms with Crippen LogP contribution in [-0.4, -0.2) is 69.2 Å². The van der Waals surface area contributed by atoms with Gasteiger partial charge in [-0.05, 0) is 25.7 Å². The number of carbonyl (C=O) groups is 1. The molecule has 3 aliphatic rings. The summed E-state index contributed by atoms with van der Waals surface area (Å²) in [5, 5.41) is 3.32. The molecule has 2 aromatic heterocycles. The van der Waals surface area contributed by atoms with Crippen molar-refractivity contribution in [1.82, 2.24) is 24.4 Å². The molecule has 1 amide bonds. The first-order valence-electron chi connectivity index (χ1n) is 11.4. The number of aromatic amines is 1. The van der Waals surface area contributed by atoms with Gasteiger partial charge in [0.05, 0.1) is 11.3 Å². The Morgan fingerprint density at radius 2 is 2.10 bits per heavy atom. The molecule has 2 aromatic rings. The smallest absolute Gasteiger partial charge is 0.277 e. The van der Waals surface area contributed by atoms with Crippen LogP contribution in [0.2, 0.25) is 0 Å². The molecule has 5 heterocycles. The second-order valence-corrected chi connectivity index (χ2v) is 8.84. The maximum absolute atomic E-state index is 13.3. The molecular weight excluding hydrogens is 382 g/mol. The van der Waals surface area contributed by atoms with E-state index in [2.05, 4.69) is 10.00 Å². The highest BCUT2D eigenvalue weighted by Crippen LogP contribution is 2.27. The number of likely N-dealkylation sites (tertiary alicyclic amines) is 1. The Kier molecular flexibility index (Phi) is 5.37. The molecule has 2 fully saturated rings. The second kappa shape index (κ2) is 8.15. The highest BCUT2D eigenvalue weighted by atomic mass is 16.5. The van der Waals surface area contributed by atoms with E-state index in [0.29, 0.717) is 31.2 Å². The van der Waals surface area contributed by atoms with Gasteiger partial charge in [-0.15, -0.1) is 0 Å². The van der Waals surface area contributed by atoms with Crippen molar-refractivity contribution in [2.24, 2.45) is 0 Å². The summed E-state index contributed by atoms with van der Waals surface area (Å²) in [6.07, 6.45) is 5.44. The van der Waals surface area contributed by atoms with Gasteiger partial charge in [0.1, 0.15) is 0 Å². The van der Waals surface area contributed by atoms with Gasteiger partial charge in [-0.25, -0.2) is 9.50 Å². The Bertz CT molecular complexity index is 991. The standard InChI is InChI=1S/C22H31N5O3/c1-2-21(28)26-8-3-4-15(13-26)19-12-20-23-18-5-9-25(16-6-10-30-11-7-16)14-17(18)22(29)27(20)24-19/h12,15-16,24H,2-11,13-14H2,1H3/t15-/m0/s1. The number of nitrogens with zero attached hydrogens (tertiary/aromatic N) is 4. The molecule has 0 unspecified atom stereocenters. The van der Waals surface area contributed by atoms with E-state index in [4.69, 9.17) is 9.72 Å². The first-order valence-corrected chi connectivity index (χ1v) is 11.4. The van der Waals surface area contributed by atoms with Crippen molar-refractivity contribution in [3.05, 3.63) is 33.4 Å². The third-order valence-corrected chi connectivity index (χ3v) is 7.03. The molecule has 1 N–H and O–H groups in total. The van der Waals surface area contributed by atoms with E-state index in [9.17, 15) is 9.59 Å². The van der Waals surface area contributed by atoms with Crippen LogP contribution >= 0.6 is 0 Å². The normalized spacial score (nSPS) is 23.6. The van der Waals surface area contributed by atoms with Crippen LogP contribution in [0.15, 0.2) is 10.9 Å². The molecule has 0 bridgehead atoms. The first-order chi connectivity index (χ1) is 14.6. The summed E-state index contributed by atoms with van der Waals surface area (Å²) in [5.74, 6) is 0.431. The third-order valence-electron chi connectivity index (χ3n) is 7.03. The maximum Gasteiger partial charge on any atom is 0.277 e. The van der Waals surface area contributed by atoms with Crippen molar-refractivity contribution in [3.8, 4) is 0 Å². The summed E-state index contributed by atoms with van der Waals surface area (Å²) >= 11 is 0. The zero-order valence-electron chi connectivity index (χ0n) is 17.7. The van der Waals surface area contributed by atoms with Crippen molar-refractivity contribution in [2.75, 3.05) is 32.8 Å². The van der Waals surface area contributed by atoms with Crippen LogP contribution in [0.25, 0.3) is 5.65 Å². The van der Waals surface area contributed by atoms with Crippen molar-refractivity contribution >= 4 is 11.6 Å². The SMILES string of the molecule is CCC(=O)N1CCC[C@H](c2cc3nc4c(c(=O)n3[nH]2)CN(C2CCOCC2)CC4)C1. The zero-order chi connectivity index (χ0) is 20.7. The Balaban J connectivity index is 1.41. The fourth-order valence-corrected chi connectivity index (χ4v) is 5.27. The highest BCUT2D eigenvalue weighted by Gasteiger charge is 2.30. The van der Waals surface area contributed by atoms with E-state index in [1.165, 1.54) is 0 Å². The quantitative estimate of drug-likeness (QED) is 0.828. The molecule has 8 nitrogen and oxygen atoms in total. The average molecular weight is 414 g/mol. The number of hydrogen-bond donors (Lipinski definition) is 1. The van der Waals surface area contributed by atoms with Crippen LogP contribution in [0.5, 0.6) is 0 Å². The number of nitrogens with one attached hydrogen (secondary N) is 1. The van der Waals surface area contributed by atoms with Gasteiger partial charge in [-0.2, -0.15) is 0 Å². The summed E-state index contributed by atoms with van der Waals surface area (Å²) < 4.78 is 7.11. The first kappa shape index (κ1) is 19.8. The lowest BCUT2D eigenvalue weighted by atomic mass is 9.94. The van der Waals surface area contributed by atoms with Gasteiger partial charge < -0.3 is 9.64 Å². The van der Waals surface area contributed by atoms with Crippen LogP contribution < -0.4 is 5.56 Å². The summed E-state index contributed by atoms with van der Waals surface area (Å²) in [7, 11) is 0. The molecule has 162 valence electrons. The number of carbonyl (C=O) groups excluding carboxylic acids is 1. The van der Waals surface area contributed by atoms with Crippen molar-refractivity contribution in [3.63, 3.8) is 0 Å². The minimum atomic E-state index is 0.0234. The van der Waals surface area contributed by atoms with E-state index in [1.807, 2.05) is 17.9 Å². The number of aromatic nitrogens is 3. The number of amides is 1. The van der Waals surface area contributed by atoms with Gasteiger partial charge >= 0.3 is 0 Å².